The average Bonchev–Trinajstić information content (AvgIpc) is 2.24. The predicted octanol–water partition coefficient (Wildman–Crippen LogP) is 3.79. The van der Waals surface area contributed by atoms with Crippen LogP contribution in [0.3, 0.4) is 0 Å². The van der Waals surface area contributed by atoms with Crippen LogP contribution in [0.2, 0.25) is 0 Å². The number of aliphatic hydroxyl groups is 1. The third kappa shape index (κ3) is 2.64. The predicted molar refractivity (Wildman–Crippen MR) is 66.4 cm³/mol. The van der Waals surface area contributed by atoms with Crippen molar-refractivity contribution < 1.29 is 18.3 Å². The first-order chi connectivity index (χ1) is 8.36. The van der Waals surface area contributed by atoms with E-state index in [0.717, 1.165) is 31.4 Å². The molecule has 100 valence electrons. The average molecular weight is 324 g/mol. The van der Waals surface area contributed by atoms with Crippen molar-refractivity contribution in [3.63, 3.8) is 0 Å². The zero-order valence-electron chi connectivity index (χ0n) is 9.52. The van der Waals surface area contributed by atoms with Crippen molar-refractivity contribution in [3.8, 4) is 0 Å². The molecule has 1 saturated carbocycles. The van der Waals surface area contributed by atoms with E-state index in [1.54, 1.807) is 0 Å². The smallest absolute Gasteiger partial charge is 0.394 e. The lowest BCUT2D eigenvalue weighted by Crippen LogP contribution is -2.48. The summed E-state index contributed by atoms with van der Waals surface area (Å²) in [5.41, 5.74) is -0.481. The van der Waals surface area contributed by atoms with Crippen molar-refractivity contribution in [2.24, 2.45) is 0 Å². The van der Waals surface area contributed by atoms with Crippen LogP contribution in [0.25, 0.3) is 0 Å². The van der Waals surface area contributed by atoms with Gasteiger partial charge in [-0.25, -0.2) is 0 Å². The second-order valence-corrected chi connectivity index (χ2v) is 5.46. The lowest BCUT2D eigenvalue weighted by Gasteiger charge is -2.42. The molecule has 1 aromatic carbocycles. The lowest BCUT2D eigenvalue weighted by molar-refractivity contribution is -0.137. The molecule has 0 saturated heterocycles. The zero-order valence-corrected chi connectivity index (χ0v) is 11.1. The van der Waals surface area contributed by atoms with E-state index >= 15 is 0 Å². The molecule has 1 aliphatic rings. The topological polar surface area (TPSA) is 32.3 Å². The quantitative estimate of drug-likeness (QED) is 0.886. The van der Waals surface area contributed by atoms with E-state index in [4.69, 9.17) is 0 Å². The van der Waals surface area contributed by atoms with E-state index in [1.165, 1.54) is 6.07 Å². The van der Waals surface area contributed by atoms with Crippen LogP contribution < -0.4 is 5.32 Å². The Balaban J connectivity index is 2.20. The molecule has 0 unspecified atom stereocenters. The monoisotopic (exact) mass is 323 g/mol. The molecular weight excluding hydrogens is 311 g/mol. The Kier molecular flexibility index (Phi) is 3.60. The van der Waals surface area contributed by atoms with E-state index in [9.17, 15) is 18.3 Å². The van der Waals surface area contributed by atoms with E-state index in [1.807, 2.05) is 0 Å². The molecule has 0 radical (unpaired) electrons. The van der Waals surface area contributed by atoms with E-state index < -0.39 is 11.7 Å². The fraction of sp³-hybridized carbons (Fsp3) is 0.500. The summed E-state index contributed by atoms with van der Waals surface area (Å²) >= 11 is 3.13. The Bertz CT molecular complexity index is 438. The Labute approximate surface area is 111 Å². The molecule has 2 N–H and O–H groups in total. The number of alkyl halides is 3. The highest BCUT2D eigenvalue weighted by Crippen LogP contribution is 2.39. The fourth-order valence-electron chi connectivity index (χ4n) is 2.00. The van der Waals surface area contributed by atoms with Gasteiger partial charge in [-0.1, -0.05) is 0 Å². The van der Waals surface area contributed by atoms with Crippen LogP contribution in [0, 0.1) is 0 Å². The van der Waals surface area contributed by atoms with Gasteiger partial charge in [-0.3, -0.25) is 0 Å². The van der Waals surface area contributed by atoms with Gasteiger partial charge in [0.2, 0.25) is 0 Å². The Morgan fingerprint density at radius 1 is 1.33 bits per heavy atom. The summed E-state index contributed by atoms with van der Waals surface area (Å²) in [5.74, 6) is 0. The van der Waals surface area contributed by atoms with Crippen molar-refractivity contribution in [2.45, 2.75) is 31.0 Å². The number of halogens is 4. The standard InChI is InChI=1S/C12H13BrF3NO/c13-9-6-8(12(14,15)16)2-3-10(9)17-11(7-18)4-1-5-11/h2-3,6,17-18H,1,4-5,7H2. The number of nitrogens with one attached hydrogen (secondary N) is 1. The summed E-state index contributed by atoms with van der Waals surface area (Å²) in [6, 6.07) is 3.48. The van der Waals surface area contributed by atoms with Crippen LogP contribution in [0.15, 0.2) is 22.7 Å². The Morgan fingerprint density at radius 2 is 2.00 bits per heavy atom. The lowest BCUT2D eigenvalue weighted by atomic mass is 9.77. The van der Waals surface area contributed by atoms with E-state index in [0.29, 0.717) is 10.2 Å². The van der Waals surface area contributed by atoms with Crippen molar-refractivity contribution in [3.05, 3.63) is 28.2 Å². The van der Waals surface area contributed by atoms with Gasteiger partial charge in [0.25, 0.3) is 0 Å². The minimum Gasteiger partial charge on any atom is -0.394 e. The molecule has 0 aliphatic heterocycles. The third-order valence-electron chi connectivity index (χ3n) is 3.31. The van der Waals surface area contributed by atoms with Gasteiger partial charge in [-0.05, 0) is 53.4 Å². The maximum absolute atomic E-state index is 12.5. The molecule has 18 heavy (non-hydrogen) atoms. The van der Waals surface area contributed by atoms with Gasteiger partial charge in [0, 0.05) is 10.2 Å². The highest BCUT2D eigenvalue weighted by molar-refractivity contribution is 9.10. The molecule has 1 aromatic rings. The normalized spacial score (nSPS) is 18.3. The highest BCUT2D eigenvalue weighted by Gasteiger charge is 2.37. The van der Waals surface area contributed by atoms with Crippen molar-refractivity contribution >= 4 is 21.6 Å². The number of hydrogen-bond acceptors (Lipinski definition) is 2. The minimum atomic E-state index is -4.34. The summed E-state index contributed by atoms with van der Waals surface area (Å²) < 4.78 is 37.9. The van der Waals surface area contributed by atoms with Gasteiger partial charge in [-0.15, -0.1) is 0 Å². The van der Waals surface area contributed by atoms with Gasteiger partial charge in [0.05, 0.1) is 17.7 Å². The zero-order chi connectivity index (χ0) is 13.4. The maximum Gasteiger partial charge on any atom is 0.416 e. The first-order valence-electron chi connectivity index (χ1n) is 5.62. The van der Waals surface area contributed by atoms with Crippen molar-refractivity contribution in [1.82, 2.24) is 0 Å². The van der Waals surface area contributed by atoms with Crippen LogP contribution in [-0.2, 0) is 6.18 Å². The fourth-order valence-corrected chi connectivity index (χ4v) is 2.48. The van der Waals surface area contributed by atoms with Gasteiger partial charge >= 0.3 is 6.18 Å². The van der Waals surface area contributed by atoms with Gasteiger partial charge in [0.1, 0.15) is 0 Å². The number of benzene rings is 1. The van der Waals surface area contributed by atoms with Crippen LogP contribution in [0.4, 0.5) is 18.9 Å². The second kappa shape index (κ2) is 4.74. The number of hydrogen-bond donors (Lipinski definition) is 2. The summed E-state index contributed by atoms with van der Waals surface area (Å²) in [5, 5.41) is 12.4. The maximum atomic E-state index is 12.5. The number of anilines is 1. The highest BCUT2D eigenvalue weighted by atomic mass is 79.9. The molecular formula is C12H13BrF3NO. The second-order valence-electron chi connectivity index (χ2n) is 4.61. The summed E-state index contributed by atoms with van der Waals surface area (Å²) in [6.07, 6.45) is -1.66. The largest absolute Gasteiger partial charge is 0.416 e. The van der Waals surface area contributed by atoms with Crippen molar-refractivity contribution in [1.29, 1.82) is 0 Å². The molecule has 0 spiro atoms. The third-order valence-corrected chi connectivity index (χ3v) is 3.97. The van der Waals surface area contributed by atoms with Crippen LogP contribution in [-0.4, -0.2) is 17.3 Å². The van der Waals surface area contributed by atoms with Gasteiger partial charge in [0.15, 0.2) is 0 Å². The van der Waals surface area contributed by atoms with Crippen molar-refractivity contribution in [2.75, 3.05) is 11.9 Å². The Hall–Kier alpha value is -0.750. The summed E-state index contributed by atoms with van der Waals surface area (Å²) in [7, 11) is 0. The van der Waals surface area contributed by atoms with E-state index in [2.05, 4.69) is 21.2 Å². The van der Waals surface area contributed by atoms with Gasteiger partial charge in [-0.2, -0.15) is 13.2 Å². The first kappa shape index (κ1) is 13.7. The van der Waals surface area contributed by atoms with E-state index in [-0.39, 0.29) is 12.1 Å². The molecule has 2 rings (SSSR count). The molecule has 0 heterocycles. The molecule has 1 aliphatic carbocycles. The summed E-state index contributed by atoms with van der Waals surface area (Å²) in [6.45, 7) is -0.0134. The number of aliphatic hydroxyl groups excluding tert-OH is 1. The molecule has 0 amide bonds. The first-order valence-corrected chi connectivity index (χ1v) is 6.41. The molecule has 1 fully saturated rings. The molecule has 0 atom stereocenters. The van der Waals surface area contributed by atoms with Crippen LogP contribution in [0.1, 0.15) is 24.8 Å². The molecule has 0 aromatic heterocycles. The SMILES string of the molecule is OCC1(Nc2ccc(C(F)(F)F)cc2Br)CCC1. The number of rotatable bonds is 3. The minimum absolute atomic E-state index is 0.0134. The molecule has 2 nitrogen and oxygen atoms in total. The van der Waals surface area contributed by atoms with Crippen LogP contribution in [0.5, 0.6) is 0 Å². The molecule has 6 heteroatoms. The Morgan fingerprint density at radius 3 is 2.39 bits per heavy atom. The van der Waals surface area contributed by atoms with Crippen LogP contribution >= 0.6 is 15.9 Å². The van der Waals surface area contributed by atoms with Gasteiger partial charge < -0.3 is 10.4 Å². The summed E-state index contributed by atoms with van der Waals surface area (Å²) in [4.78, 5) is 0. The molecule has 0 bridgehead atoms.